The molecule has 1 N–H and O–H groups in total. The van der Waals surface area contributed by atoms with Gasteiger partial charge < -0.3 is 10.1 Å². The van der Waals surface area contributed by atoms with E-state index in [9.17, 15) is 0 Å². The van der Waals surface area contributed by atoms with Gasteiger partial charge >= 0.3 is 0 Å². The zero-order chi connectivity index (χ0) is 13.5. The Morgan fingerprint density at radius 3 is 2.68 bits per heavy atom. The molecule has 2 nitrogen and oxygen atoms in total. The second-order valence-electron chi connectivity index (χ2n) is 5.21. The summed E-state index contributed by atoms with van der Waals surface area (Å²) in [4.78, 5) is 0. The zero-order valence-corrected chi connectivity index (χ0v) is 12.5. The van der Waals surface area contributed by atoms with Crippen molar-refractivity contribution in [2.45, 2.75) is 51.2 Å². The van der Waals surface area contributed by atoms with Crippen LogP contribution in [0.1, 0.15) is 50.7 Å². The molecule has 0 bridgehead atoms. The highest BCUT2D eigenvalue weighted by molar-refractivity contribution is 6.31. The monoisotopic (exact) mass is 281 g/mol. The van der Waals surface area contributed by atoms with Crippen molar-refractivity contribution in [3.8, 4) is 0 Å². The molecule has 0 saturated heterocycles. The van der Waals surface area contributed by atoms with Crippen LogP contribution in [0.25, 0.3) is 0 Å². The van der Waals surface area contributed by atoms with E-state index < -0.39 is 0 Å². The first kappa shape index (κ1) is 14.8. The molecule has 1 aromatic carbocycles. The van der Waals surface area contributed by atoms with E-state index in [0.29, 0.717) is 6.10 Å². The Kier molecular flexibility index (Phi) is 6.15. The average Bonchev–Trinajstić information content (AvgIpc) is 2.45. The summed E-state index contributed by atoms with van der Waals surface area (Å²) in [5.74, 6) is 0. The highest BCUT2D eigenvalue weighted by atomic mass is 35.5. The molecule has 0 radical (unpaired) electrons. The number of likely N-dealkylation sites (N-methyl/N-ethyl adjacent to an activating group) is 1. The van der Waals surface area contributed by atoms with Crippen LogP contribution in [-0.2, 0) is 4.74 Å². The maximum atomic E-state index is 6.31. The van der Waals surface area contributed by atoms with Gasteiger partial charge in [0.15, 0.2) is 0 Å². The first-order valence-corrected chi connectivity index (χ1v) is 7.79. The van der Waals surface area contributed by atoms with Gasteiger partial charge in [0.05, 0.1) is 12.2 Å². The Morgan fingerprint density at radius 2 is 2.00 bits per heavy atom. The van der Waals surface area contributed by atoms with Crippen molar-refractivity contribution < 1.29 is 4.74 Å². The number of nitrogens with one attached hydrogen (secondary N) is 1. The summed E-state index contributed by atoms with van der Waals surface area (Å²) in [6.07, 6.45) is 6.78. The van der Waals surface area contributed by atoms with E-state index in [1.165, 1.54) is 32.1 Å². The molecule has 1 aliphatic rings. The van der Waals surface area contributed by atoms with E-state index >= 15 is 0 Å². The number of benzene rings is 1. The van der Waals surface area contributed by atoms with E-state index in [1.54, 1.807) is 0 Å². The molecule has 0 aliphatic heterocycles. The van der Waals surface area contributed by atoms with Gasteiger partial charge in [0.2, 0.25) is 0 Å². The molecule has 1 aromatic rings. The van der Waals surface area contributed by atoms with E-state index in [4.69, 9.17) is 16.3 Å². The van der Waals surface area contributed by atoms with E-state index in [0.717, 1.165) is 23.7 Å². The predicted molar refractivity (Wildman–Crippen MR) is 80.7 cm³/mol. The topological polar surface area (TPSA) is 21.3 Å². The molecule has 19 heavy (non-hydrogen) atoms. The van der Waals surface area contributed by atoms with Crippen LogP contribution >= 0.6 is 11.6 Å². The SMILES string of the molecule is CCNCC(OC1CCCCC1)c1ccccc1Cl. The smallest absolute Gasteiger partial charge is 0.0967 e. The number of halogens is 1. The average molecular weight is 282 g/mol. The minimum atomic E-state index is 0.0664. The second kappa shape index (κ2) is 7.88. The van der Waals surface area contributed by atoms with Crippen LogP contribution in [-0.4, -0.2) is 19.2 Å². The summed E-state index contributed by atoms with van der Waals surface area (Å²) in [5, 5.41) is 4.19. The van der Waals surface area contributed by atoms with Crippen molar-refractivity contribution in [3.05, 3.63) is 34.9 Å². The summed E-state index contributed by atoms with van der Waals surface area (Å²) in [6, 6.07) is 8.02. The Morgan fingerprint density at radius 1 is 1.26 bits per heavy atom. The Labute approximate surface area is 121 Å². The summed E-state index contributed by atoms with van der Waals surface area (Å²) >= 11 is 6.31. The fourth-order valence-corrected chi connectivity index (χ4v) is 2.93. The lowest BCUT2D eigenvalue weighted by Gasteiger charge is -2.28. The van der Waals surface area contributed by atoms with Crippen molar-refractivity contribution in [1.82, 2.24) is 5.32 Å². The Hall–Kier alpha value is -0.570. The lowest BCUT2D eigenvalue weighted by molar-refractivity contribution is -0.0303. The molecule has 1 aliphatic carbocycles. The van der Waals surface area contributed by atoms with E-state index in [1.807, 2.05) is 18.2 Å². The van der Waals surface area contributed by atoms with Gasteiger partial charge in [0.1, 0.15) is 0 Å². The van der Waals surface area contributed by atoms with Crippen molar-refractivity contribution in [2.24, 2.45) is 0 Å². The Bertz CT molecular complexity index is 377. The molecule has 106 valence electrons. The van der Waals surface area contributed by atoms with Gasteiger partial charge in [-0.05, 0) is 25.5 Å². The number of ether oxygens (including phenoxy) is 1. The van der Waals surface area contributed by atoms with Crippen molar-refractivity contribution in [2.75, 3.05) is 13.1 Å². The van der Waals surface area contributed by atoms with Crippen LogP contribution in [0.3, 0.4) is 0 Å². The van der Waals surface area contributed by atoms with Gasteiger partial charge in [0, 0.05) is 17.1 Å². The van der Waals surface area contributed by atoms with Crippen molar-refractivity contribution in [3.63, 3.8) is 0 Å². The van der Waals surface area contributed by atoms with Crippen LogP contribution in [0.2, 0.25) is 5.02 Å². The van der Waals surface area contributed by atoms with Gasteiger partial charge in [0.25, 0.3) is 0 Å². The highest BCUT2D eigenvalue weighted by Gasteiger charge is 2.21. The van der Waals surface area contributed by atoms with Crippen molar-refractivity contribution >= 4 is 11.6 Å². The van der Waals surface area contributed by atoms with Crippen LogP contribution < -0.4 is 5.32 Å². The molecule has 1 atom stereocenters. The molecule has 1 unspecified atom stereocenters. The van der Waals surface area contributed by atoms with Gasteiger partial charge in [-0.1, -0.05) is 56.0 Å². The van der Waals surface area contributed by atoms with Gasteiger partial charge in [-0.2, -0.15) is 0 Å². The fraction of sp³-hybridized carbons (Fsp3) is 0.625. The minimum absolute atomic E-state index is 0.0664. The van der Waals surface area contributed by atoms with Crippen molar-refractivity contribution in [1.29, 1.82) is 0 Å². The summed E-state index contributed by atoms with van der Waals surface area (Å²) in [7, 11) is 0. The van der Waals surface area contributed by atoms with Gasteiger partial charge in [-0.25, -0.2) is 0 Å². The summed E-state index contributed by atoms with van der Waals surface area (Å²) in [5.41, 5.74) is 1.11. The standard InChI is InChI=1S/C16H24ClNO/c1-2-18-12-16(14-10-6-7-11-15(14)17)19-13-8-4-3-5-9-13/h6-7,10-11,13,16,18H,2-5,8-9,12H2,1H3. The predicted octanol–water partition coefficient (Wildman–Crippen LogP) is 4.34. The third kappa shape index (κ3) is 4.48. The molecular weight excluding hydrogens is 258 g/mol. The number of hydrogen-bond donors (Lipinski definition) is 1. The minimum Gasteiger partial charge on any atom is -0.369 e. The third-order valence-electron chi connectivity index (χ3n) is 3.74. The maximum Gasteiger partial charge on any atom is 0.0967 e. The molecule has 0 amide bonds. The van der Waals surface area contributed by atoms with E-state index in [-0.39, 0.29) is 6.10 Å². The van der Waals surface area contributed by atoms with Crippen LogP contribution in [0.15, 0.2) is 24.3 Å². The molecule has 0 spiro atoms. The lowest BCUT2D eigenvalue weighted by atomic mass is 9.97. The summed E-state index contributed by atoms with van der Waals surface area (Å²) in [6.45, 7) is 3.90. The molecule has 2 rings (SSSR count). The lowest BCUT2D eigenvalue weighted by Crippen LogP contribution is -2.28. The molecule has 0 aromatic heterocycles. The quantitative estimate of drug-likeness (QED) is 0.837. The third-order valence-corrected chi connectivity index (χ3v) is 4.08. The second-order valence-corrected chi connectivity index (χ2v) is 5.62. The van der Waals surface area contributed by atoms with Crippen LogP contribution in [0, 0.1) is 0 Å². The number of rotatable bonds is 6. The van der Waals surface area contributed by atoms with Crippen LogP contribution in [0.4, 0.5) is 0 Å². The van der Waals surface area contributed by atoms with Crippen LogP contribution in [0.5, 0.6) is 0 Å². The molecule has 0 heterocycles. The zero-order valence-electron chi connectivity index (χ0n) is 11.7. The molecule has 1 fully saturated rings. The number of hydrogen-bond acceptors (Lipinski definition) is 2. The first-order valence-electron chi connectivity index (χ1n) is 7.42. The fourth-order valence-electron chi connectivity index (χ4n) is 2.68. The normalized spacial score (nSPS) is 18.4. The maximum absolute atomic E-state index is 6.31. The molecule has 1 saturated carbocycles. The Balaban J connectivity index is 2.04. The van der Waals surface area contributed by atoms with Gasteiger partial charge in [-0.3, -0.25) is 0 Å². The van der Waals surface area contributed by atoms with Gasteiger partial charge in [-0.15, -0.1) is 0 Å². The molecule has 3 heteroatoms. The van der Waals surface area contributed by atoms with E-state index in [2.05, 4.69) is 18.3 Å². The first-order chi connectivity index (χ1) is 9.31. The highest BCUT2D eigenvalue weighted by Crippen LogP contribution is 2.30. The summed E-state index contributed by atoms with van der Waals surface area (Å²) < 4.78 is 6.31. The molecular formula is C16H24ClNO. The largest absolute Gasteiger partial charge is 0.369 e.